The van der Waals surface area contributed by atoms with Gasteiger partial charge in [0.2, 0.25) is 5.91 Å². The lowest BCUT2D eigenvalue weighted by Gasteiger charge is -2.24. The maximum Gasteiger partial charge on any atom is 0.222 e. The molecule has 2 N–H and O–H groups in total. The number of hydrogen-bond donors (Lipinski definition) is 1. The van der Waals surface area contributed by atoms with Crippen molar-refractivity contribution in [2.45, 2.75) is 25.8 Å². The van der Waals surface area contributed by atoms with Gasteiger partial charge in [0.25, 0.3) is 0 Å². The first-order chi connectivity index (χ1) is 6.65. The fourth-order valence-corrected chi connectivity index (χ4v) is 2.82. The Morgan fingerprint density at radius 3 is 2.93 bits per heavy atom. The van der Waals surface area contributed by atoms with Gasteiger partial charge < -0.3 is 10.6 Å². The van der Waals surface area contributed by atoms with Gasteiger partial charge in [-0.3, -0.25) is 4.79 Å². The van der Waals surface area contributed by atoms with Crippen LogP contribution in [0.25, 0.3) is 0 Å². The normalized spacial score (nSPS) is 23.5. The molecule has 0 radical (unpaired) electrons. The van der Waals surface area contributed by atoms with E-state index in [0.29, 0.717) is 24.9 Å². The van der Waals surface area contributed by atoms with Gasteiger partial charge in [-0.25, -0.2) is 0 Å². The van der Waals surface area contributed by atoms with Crippen LogP contribution in [-0.4, -0.2) is 41.9 Å². The minimum absolute atomic E-state index is 0.246. The van der Waals surface area contributed by atoms with E-state index in [4.69, 9.17) is 5.73 Å². The molecule has 82 valence electrons. The van der Waals surface area contributed by atoms with Gasteiger partial charge in [-0.2, -0.15) is 11.8 Å². The molecular weight excluding hydrogens is 196 g/mol. The summed E-state index contributed by atoms with van der Waals surface area (Å²) in [7, 11) is 1.92. The van der Waals surface area contributed by atoms with Crippen LogP contribution in [0.4, 0.5) is 0 Å². The fourth-order valence-electron chi connectivity index (χ4n) is 1.56. The van der Waals surface area contributed by atoms with Gasteiger partial charge >= 0.3 is 0 Å². The molecule has 2 unspecified atom stereocenters. The minimum Gasteiger partial charge on any atom is -0.342 e. The van der Waals surface area contributed by atoms with Crippen molar-refractivity contribution < 1.29 is 4.79 Å². The number of nitrogens with zero attached hydrogens (tertiary/aromatic N) is 1. The molecule has 14 heavy (non-hydrogen) atoms. The van der Waals surface area contributed by atoms with Gasteiger partial charge in [0.15, 0.2) is 0 Å². The summed E-state index contributed by atoms with van der Waals surface area (Å²) in [6, 6.07) is 0.456. The number of hydrogen-bond acceptors (Lipinski definition) is 3. The Morgan fingerprint density at radius 1 is 1.71 bits per heavy atom. The Hall–Kier alpha value is -0.220. The van der Waals surface area contributed by atoms with E-state index in [1.807, 2.05) is 30.6 Å². The maximum absolute atomic E-state index is 11.8. The van der Waals surface area contributed by atoms with Crippen molar-refractivity contribution in [2.24, 2.45) is 11.7 Å². The van der Waals surface area contributed by atoms with Gasteiger partial charge in [-0.15, -0.1) is 0 Å². The van der Waals surface area contributed by atoms with Gasteiger partial charge in [-0.1, -0.05) is 6.92 Å². The molecule has 0 saturated carbocycles. The molecule has 0 aromatic heterocycles. The molecule has 1 aliphatic heterocycles. The molecule has 1 aliphatic rings. The quantitative estimate of drug-likeness (QED) is 0.760. The summed E-state index contributed by atoms with van der Waals surface area (Å²) in [6.07, 6.45) is 1.73. The Balaban J connectivity index is 2.35. The van der Waals surface area contributed by atoms with Crippen molar-refractivity contribution in [1.29, 1.82) is 0 Å². The van der Waals surface area contributed by atoms with Crippen LogP contribution < -0.4 is 5.73 Å². The number of amides is 1. The third kappa shape index (κ3) is 3.17. The molecule has 0 aromatic carbocycles. The first-order valence-corrected chi connectivity index (χ1v) is 6.34. The van der Waals surface area contributed by atoms with Crippen molar-refractivity contribution in [3.8, 4) is 0 Å². The predicted octanol–water partition coefficient (Wildman–Crippen LogP) is 0.935. The lowest BCUT2D eigenvalue weighted by molar-refractivity contribution is -0.132. The topological polar surface area (TPSA) is 46.3 Å². The van der Waals surface area contributed by atoms with Crippen molar-refractivity contribution in [3.63, 3.8) is 0 Å². The maximum atomic E-state index is 11.8. The van der Waals surface area contributed by atoms with Crippen LogP contribution in [0.2, 0.25) is 0 Å². The van der Waals surface area contributed by atoms with Gasteiger partial charge in [0.05, 0.1) is 0 Å². The molecule has 0 bridgehead atoms. The highest BCUT2D eigenvalue weighted by molar-refractivity contribution is 7.99. The monoisotopic (exact) mass is 216 g/mol. The number of thioether (sulfide) groups is 1. The second kappa shape index (κ2) is 5.61. The van der Waals surface area contributed by atoms with Crippen LogP contribution in [-0.2, 0) is 4.79 Å². The van der Waals surface area contributed by atoms with Crippen LogP contribution in [0.3, 0.4) is 0 Å². The second-order valence-electron chi connectivity index (χ2n) is 4.07. The molecule has 1 fully saturated rings. The fraction of sp³-hybridized carbons (Fsp3) is 0.900. The van der Waals surface area contributed by atoms with E-state index >= 15 is 0 Å². The molecular formula is C10H20N2OS. The second-order valence-corrected chi connectivity index (χ2v) is 5.22. The summed E-state index contributed by atoms with van der Waals surface area (Å²) < 4.78 is 0. The van der Waals surface area contributed by atoms with Gasteiger partial charge in [-0.05, 0) is 24.6 Å². The zero-order valence-corrected chi connectivity index (χ0v) is 9.85. The highest BCUT2D eigenvalue weighted by atomic mass is 32.2. The third-order valence-electron chi connectivity index (χ3n) is 2.77. The van der Waals surface area contributed by atoms with E-state index in [1.165, 1.54) is 5.75 Å². The Kier molecular flexibility index (Phi) is 4.75. The van der Waals surface area contributed by atoms with E-state index < -0.39 is 0 Å². The van der Waals surface area contributed by atoms with Gasteiger partial charge in [0.1, 0.15) is 0 Å². The van der Waals surface area contributed by atoms with Crippen LogP contribution in [0.1, 0.15) is 19.8 Å². The number of carbonyl (C=O) groups is 1. The number of rotatable bonds is 4. The molecule has 1 heterocycles. The third-order valence-corrected chi connectivity index (χ3v) is 3.92. The molecule has 0 spiro atoms. The number of carbonyl (C=O) groups excluding carboxylic acids is 1. The zero-order valence-electron chi connectivity index (χ0n) is 9.03. The van der Waals surface area contributed by atoms with Crippen molar-refractivity contribution in [1.82, 2.24) is 4.90 Å². The lowest BCUT2D eigenvalue weighted by atomic mass is 10.1. The smallest absolute Gasteiger partial charge is 0.222 e. The van der Waals surface area contributed by atoms with E-state index in [-0.39, 0.29) is 5.91 Å². The van der Waals surface area contributed by atoms with Crippen molar-refractivity contribution >= 4 is 17.7 Å². The summed E-state index contributed by atoms with van der Waals surface area (Å²) in [4.78, 5) is 13.7. The summed E-state index contributed by atoms with van der Waals surface area (Å²) >= 11 is 1.93. The minimum atomic E-state index is 0.246. The number of nitrogens with two attached hydrogens (primary N) is 1. The van der Waals surface area contributed by atoms with E-state index in [1.54, 1.807) is 0 Å². The average molecular weight is 216 g/mol. The largest absolute Gasteiger partial charge is 0.342 e. The SMILES string of the molecule is CC(CN)CC(=O)N(C)C1CCSC1. The molecule has 0 aromatic rings. The van der Waals surface area contributed by atoms with E-state index in [0.717, 1.165) is 12.2 Å². The average Bonchev–Trinajstić information content (AvgIpc) is 2.69. The first-order valence-electron chi connectivity index (χ1n) is 5.18. The van der Waals surface area contributed by atoms with Crippen LogP contribution in [0.15, 0.2) is 0 Å². The summed E-state index contributed by atoms with van der Waals surface area (Å²) in [5, 5.41) is 0. The highest BCUT2D eigenvalue weighted by Crippen LogP contribution is 2.22. The molecule has 1 rings (SSSR count). The van der Waals surface area contributed by atoms with Crippen LogP contribution in [0.5, 0.6) is 0 Å². The summed E-state index contributed by atoms with van der Waals surface area (Å²) in [5.41, 5.74) is 5.50. The summed E-state index contributed by atoms with van der Waals surface area (Å²) in [6.45, 7) is 2.62. The molecule has 1 saturated heterocycles. The standard InChI is InChI=1S/C10H20N2OS/c1-8(6-11)5-10(13)12(2)9-3-4-14-7-9/h8-9H,3-7,11H2,1-2H3. The highest BCUT2D eigenvalue weighted by Gasteiger charge is 2.24. The molecule has 2 atom stereocenters. The summed E-state index contributed by atoms with van der Waals surface area (Å²) in [5.74, 6) is 2.84. The van der Waals surface area contributed by atoms with Crippen molar-refractivity contribution in [3.05, 3.63) is 0 Å². The lowest BCUT2D eigenvalue weighted by Crippen LogP contribution is -2.38. The Labute approximate surface area is 90.4 Å². The predicted molar refractivity (Wildman–Crippen MR) is 61.3 cm³/mol. The van der Waals surface area contributed by atoms with Gasteiger partial charge in [0, 0.05) is 25.3 Å². The molecule has 4 heteroatoms. The van der Waals surface area contributed by atoms with Crippen LogP contribution in [0, 0.1) is 5.92 Å². The zero-order chi connectivity index (χ0) is 10.6. The Morgan fingerprint density at radius 2 is 2.43 bits per heavy atom. The molecule has 3 nitrogen and oxygen atoms in total. The molecule has 0 aliphatic carbocycles. The molecule has 1 amide bonds. The first kappa shape index (κ1) is 11.9. The van der Waals surface area contributed by atoms with E-state index in [9.17, 15) is 4.79 Å². The van der Waals surface area contributed by atoms with Crippen molar-refractivity contribution in [2.75, 3.05) is 25.1 Å². The van der Waals surface area contributed by atoms with Crippen LogP contribution >= 0.6 is 11.8 Å². The Bertz CT molecular complexity index is 193. The van der Waals surface area contributed by atoms with E-state index in [2.05, 4.69) is 0 Å².